The molecule has 4 aliphatic carbocycles. The van der Waals surface area contributed by atoms with Crippen LogP contribution in [0.1, 0.15) is 94.4 Å². The minimum atomic E-state index is -1.82. The Bertz CT molecular complexity index is 1890. The SMILES string of the molecule is CC(C)C1=CC(=O)[C@@](C)([C@H]2[C@H](O)C[C@@]3(C)[C@@H]4CC=C5[C@H](CC[C@@H](O[C@@H]6OC[C@@H](O)[C@H](O[C@@H]7O[C@H](CO)[C@@H](O)[C@H](O)[C@H]7O[C@@H]7O[C@@H](C)[C@H](O)[C@@H](O)[C@H]7O)[C@H]6O)C5(C)C)[C@]4(C)C(=O)C[C@]23C)O1. The van der Waals surface area contributed by atoms with Gasteiger partial charge in [-0.25, -0.2) is 0 Å². The van der Waals surface area contributed by atoms with E-state index in [1.807, 2.05) is 27.7 Å². The van der Waals surface area contributed by atoms with Crippen LogP contribution in [-0.2, 0) is 42.7 Å². The van der Waals surface area contributed by atoms with Gasteiger partial charge in [0.25, 0.3) is 0 Å². The zero-order valence-electron chi connectivity index (χ0n) is 38.9. The second-order valence-electron chi connectivity index (χ2n) is 22.0. The smallest absolute Gasteiger partial charge is 0.202 e. The lowest BCUT2D eigenvalue weighted by Gasteiger charge is -2.65. The van der Waals surface area contributed by atoms with Crippen molar-refractivity contribution in [3.8, 4) is 0 Å². The highest BCUT2D eigenvalue weighted by atomic mass is 16.8. The Morgan fingerprint density at radius 3 is 2.08 bits per heavy atom. The summed E-state index contributed by atoms with van der Waals surface area (Å²) in [5.41, 5.74) is -2.99. The predicted molar refractivity (Wildman–Crippen MR) is 225 cm³/mol. The Morgan fingerprint density at radius 1 is 0.754 bits per heavy atom. The first-order valence-electron chi connectivity index (χ1n) is 23.4. The molecule has 0 bridgehead atoms. The van der Waals surface area contributed by atoms with Crippen molar-refractivity contribution < 1.29 is 88.7 Å². The third kappa shape index (κ3) is 7.46. The van der Waals surface area contributed by atoms with E-state index in [1.165, 1.54) is 6.92 Å². The summed E-state index contributed by atoms with van der Waals surface area (Å²) in [6.07, 6.45) is -17.3. The minimum Gasteiger partial charge on any atom is -0.483 e. The van der Waals surface area contributed by atoms with Gasteiger partial charge in [0, 0.05) is 35.2 Å². The maximum Gasteiger partial charge on any atom is 0.202 e. The second kappa shape index (κ2) is 17.2. The standard InChI is InChI=1S/C47H72O18/c1-19(2)25-14-28(51)47(9,65-25)39-23(49)15-44(6)27-12-10-21-22(46(27,8)29(52)16-45(39,44)7)11-13-30(43(21,4)5)62-40-36(58)37(24(50)18-59-40)63-42-38(34(56)32(54)26(17-48)61-42)64-41-35(57)33(55)31(53)20(3)60-41/h10,14,19-20,22-24,26-27,30-42,48-50,53-58H,11-13,15-18H2,1-9H3/t20-,22-,23+,24+,26+,27-,30+,31-,32+,33+,34-,35+,36+,37-,38+,39-,40-,41-,42-,44-,45+,46-,47-/m0/s1. The molecule has 65 heavy (non-hydrogen) atoms. The fraction of sp³-hybridized carbons (Fsp3) is 0.872. The number of hydrogen-bond donors (Lipinski definition) is 9. The molecule has 23 atom stereocenters. The van der Waals surface area contributed by atoms with Gasteiger partial charge in [-0.1, -0.05) is 60.1 Å². The maximum atomic E-state index is 15.0. The summed E-state index contributed by atoms with van der Waals surface area (Å²) in [4.78, 5) is 28.7. The van der Waals surface area contributed by atoms with Crippen LogP contribution in [0.5, 0.6) is 0 Å². The molecular weight excluding hydrogens is 852 g/mol. The molecule has 3 saturated carbocycles. The van der Waals surface area contributed by atoms with Crippen LogP contribution in [0.3, 0.4) is 0 Å². The van der Waals surface area contributed by atoms with Crippen molar-refractivity contribution >= 4 is 11.6 Å². The molecule has 18 heteroatoms. The number of ketones is 2. The molecule has 9 N–H and O–H groups in total. The van der Waals surface area contributed by atoms with Gasteiger partial charge in [-0.15, -0.1) is 0 Å². The summed E-state index contributed by atoms with van der Waals surface area (Å²) in [7, 11) is 0. The molecule has 0 aromatic carbocycles. The number of aliphatic hydroxyl groups is 9. The Morgan fingerprint density at radius 2 is 1.43 bits per heavy atom. The molecule has 0 unspecified atom stereocenters. The first-order valence-corrected chi connectivity index (χ1v) is 23.4. The van der Waals surface area contributed by atoms with Gasteiger partial charge in [0.15, 0.2) is 24.5 Å². The van der Waals surface area contributed by atoms with Crippen LogP contribution in [0.4, 0.5) is 0 Å². The Kier molecular flexibility index (Phi) is 13.0. The minimum absolute atomic E-state index is 0.0127. The summed E-state index contributed by atoms with van der Waals surface area (Å²) in [5, 5.41) is 98.0. The molecule has 4 aliphatic heterocycles. The average Bonchev–Trinajstić information content (AvgIpc) is 3.65. The average molecular weight is 925 g/mol. The fourth-order valence-electron chi connectivity index (χ4n) is 13.8. The molecule has 3 saturated heterocycles. The Hall–Kier alpha value is -1.98. The van der Waals surface area contributed by atoms with Crippen molar-refractivity contribution in [3.63, 3.8) is 0 Å². The quantitative estimate of drug-likeness (QED) is 0.139. The van der Waals surface area contributed by atoms with Gasteiger partial charge in [-0.05, 0) is 62.2 Å². The first-order chi connectivity index (χ1) is 30.3. The Balaban J connectivity index is 1.000. The van der Waals surface area contributed by atoms with Crippen LogP contribution in [0.15, 0.2) is 23.5 Å². The first kappa shape index (κ1) is 49.4. The molecule has 8 aliphatic rings. The van der Waals surface area contributed by atoms with Crippen LogP contribution in [0.2, 0.25) is 0 Å². The van der Waals surface area contributed by atoms with Gasteiger partial charge in [-0.2, -0.15) is 0 Å². The van der Waals surface area contributed by atoms with E-state index in [2.05, 4.69) is 26.8 Å². The van der Waals surface area contributed by atoms with Crippen LogP contribution in [0, 0.1) is 45.3 Å². The fourth-order valence-corrected chi connectivity index (χ4v) is 13.8. The van der Waals surface area contributed by atoms with Crippen LogP contribution in [-0.4, -0.2) is 175 Å². The summed E-state index contributed by atoms with van der Waals surface area (Å²) in [6, 6.07) is 0. The number of carbonyl (C=O) groups is 2. The third-order valence-electron chi connectivity index (χ3n) is 17.8. The molecular formula is C47H72O18. The molecule has 8 rings (SSSR count). The number of carbonyl (C=O) groups excluding carboxylic acids is 2. The van der Waals surface area contributed by atoms with Crippen molar-refractivity contribution in [1.29, 1.82) is 0 Å². The normalized spacial score (nSPS) is 53.2. The largest absolute Gasteiger partial charge is 0.483 e. The number of aliphatic hydroxyl groups excluding tert-OH is 9. The van der Waals surface area contributed by atoms with Gasteiger partial charge in [-0.3, -0.25) is 9.59 Å². The molecule has 368 valence electrons. The van der Waals surface area contributed by atoms with E-state index in [4.69, 9.17) is 33.2 Å². The summed E-state index contributed by atoms with van der Waals surface area (Å²) in [6.45, 7) is 16.4. The van der Waals surface area contributed by atoms with Crippen molar-refractivity contribution in [2.24, 2.45) is 45.3 Å². The lowest BCUT2D eigenvalue weighted by Crippen LogP contribution is -2.66. The van der Waals surface area contributed by atoms with Crippen LogP contribution >= 0.6 is 0 Å². The zero-order chi connectivity index (χ0) is 47.7. The molecule has 0 aromatic heterocycles. The Labute approximate surface area is 379 Å². The molecule has 6 fully saturated rings. The van der Waals surface area contributed by atoms with Crippen LogP contribution < -0.4 is 0 Å². The monoisotopic (exact) mass is 924 g/mol. The van der Waals surface area contributed by atoms with Gasteiger partial charge in [0.2, 0.25) is 5.78 Å². The van der Waals surface area contributed by atoms with Crippen molar-refractivity contribution in [1.82, 2.24) is 0 Å². The van der Waals surface area contributed by atoms with E-state index in [9.17, 15) is 50.8 Å². The van der Waals surface area contributed by atoms with Gasteiger partial charge < -0.3 is 79.1 Å². The highest BCUT2D eigenvalue weighted by Crippen LogP contribution is 2.75. The number of allylic oxidation sites excluding steroid dienone is 2. The van der Waals surface area contributed by atoms with E-state index in [1.54, 1.807) is 13.0 Å². The molecule has 18 nitrogen and oxygen atoms in total. The topological polar surface area (TPSA) is 281 Å². The molecule has 4 heterocycles. The van der Waals surface area contributed by atoms with E-state index in [0.29, 0.717) is 31.4 Å². The van der Waals surface area contributed by atoms with Gasteiger partial charge >= 0.3 is 0 Å². The third-order valence-corrected chi connectivity index (χ3v) is 17.8. The van der Waals surface area contributed by atoms with E-state index >= 15 is 4.79 Å². The predicted octanol–water partition coefficient (Wildman–Crippen LogP) is 0.140. The maximum absolute atomic E-state index is 15.0. The summed E-state index contributed by atoms with van der Waals surface area (Å²) in [5.74, 6) is -0.413. The number of Topliss-reactive ketones (excluding diaryl/α,β-unsaturated/α-hetero) is 1. The molecule has 0 spiro atoms. The zero-order valence-corrected chi connectivity index (χ0v) is 38.9. The lowest BCUT2D eigenvalue weighted by atomic mass is 9.38. The number of rotatable bonds is 9. The van der Waals surface area contributed by atoms with Crippen molar-refractivity contribution in [3.05, 3.63) is 23.5 Å². The number of ether oxygens (including phenoxy) is 7. The lowest BCUT2D eigenvalue weighted by molar-refractivity contribution is -0.384. The van der Waals surface area contributed by atoms with E-state index < -0.39 is 138 Å². The van der Waals surface area contributed by atoms with Gasteiger partial charge in [0.05, 0.1) is 31.5 Å². The van der Waals surface area contributed by atoms with Crippen LogP contribution in [0.25, 0.3) is 0 Å². The molecule has 0 amide bonds. The van der Waals surface area contributed by atoms with Gasteiger partial charge in [0.1, 0.15) is 72.6 Å². The van der Waals surface area contributed by atoms with E-state index in [0.717, 1.165) is 5.57 Å². The van der Waals surface area contributed by atoms with Crippen molar-refractivity contribution in [2.75, 3.05) is 13.2 Å². The summed E-state index contributed by atoms with van der Waals surface area (Å²) < 4.78 is 42.2. The summed E-state index contributed by atoms with van der Waals surface area (Å²) >= 11 is 0. The molecule has 0 aromatic rings. The molecule has 0 radical (unpaired) electrons. The van der Waals surface area contributed by atoms with Crippen molar-refractivity contribution in [2.45, 2.75) is 198 Å². The highest BCUT2D eigenvalue weighted by molar-refractivity contribution is 6.00. The highest BCUT2D eigenvalue weighted by Gasteiger charge is 2.75. The van der Waals surface area contributed by atoms with E-state index in [-0.39, 0.29) is 42.3 Å². The number of hydrogen-bond acceptors (Lipinski definition) is 18. The second-order valence-corrected chi connectivity index (χ2v) is 22.0. The number of fused-ring (bicyclic) bond motifs is 5.